The number of hydrogen-bond donors (Lipinski definition) is 2. The lowest BCUT2D eigenvalue weighted by Gasteiger charge is -2.12. The molecule has 0 spiro atoms. The molecule has 0 radical (unpaired) electrons. The highest BCUT2D eigenvalue weighted by Gasteiger charge is 2.10. The lowest BCUT2D eigenvalue weighted by atomic mass is 10.1. The largest absolute Gasteiger partial charge is 0.493 e. The van der Waals surface area contributed by atoms with E-state index in [1.54, 1.807) is 12.1 Å². The van der Waals surface area contributed by atoms with E-state index in [0.29, 0.717) is 23.9 Å². The second kappa shape index (κ2) is 7.88. The van der Waals surface area contributed by atoms with Gasteiger partial charge in [-0.05, 0) is 55.7 Å². The Balaban J connectivity index is 1.84. The molecule has 0 aromatic heterocycles. The van der Waals surface area contributed by atoms with Crippen LogP contribution in [0.4, 0.5) is 5.69 Å². The maximum atomic E-state index is 11.2. The van der Waals surface area contributed by atoms with Gasteiger partial charge in [-0.25, -0.2) is 4.79 Å². The summed E-state index contributed by atoms with van der Waals surface area (Å²) in [5.74, 6) is -0.107. The summed E-state index contributed by atoms with van der Waals surface area (Å²) in [6, 6.07) is 10.9. The topological polar surface area (TPSA) is 58.6 Å². The van der Waals surface area contributed by atoms with Crippen molar-refractivity contribution in [2.45, 2.75) is 20.3 Å². The van der Waals surface area contributed by atoms with Gasteiger partial charge < -0.3 is 15.2 Å². The molecule has 0 aliphatic rings. The van der Waals surface area contributed by atoms with Crippen molar-refractivity contribution in [3.63, 3.8) is 0 Å². The molecular formula is C18H20ClNO3. The van der Waals surface area contributed by atoms with Crippen LogP contribution in [0, 0.1) is 13.8 Å². The van der Waals surface area contributed by atoms with E-state index in [9.17, 15) is 9.90 Å². The Kier molecular flexibility index (Phi) is 5.88. The third-order valence-electron chi connectivity index (χ3n) is 3.45. The Morgan fingerprint density at radius 3 is 2.74 bits per heavy atom. The highest BCUT2D eigenvalue weighted by Crippen LogP contribution is 2.21. The van der Waals surface area contributed by atoms with E-state index in [2.05, 4.69) is 11.4 Å². The number of ether oxygens (including phenoxy) is 1. The van der Waals surface area contributed by atoms with Crippen LogP contribution in [0.15, 0.2) is 36.4 Å². The summed E-state index contributed by atoms with van der Waals surface area (Å²) in [4.78, 5) is 11.2. The Hall–Kier alpha value is -2.20. The second-order valence-electron chi connectivity index (χ2n) is 5.39. The predicted octanol–water partition coefficient (Wildman–Crippen LogP) is 4.54. The van der Waals surface area contributed by atoms with E-state index in [4.69, 9.17) is 16.3 Å². The van der Waals surface area contributed by atoms with E-state index in [0.717, 1.165) is 23.3 Å². The highest BCUT2D eigenvalue weighted by molar-refractivity contribution is 6.31. The summed E-state index contributed by atoms with van der Waals surface area (Å²) in [5, 5.41) is 12.7. The van der Waals surface area contributed by atoms with Crippen molar-refractivity contribution in [2.24, 2.45) is 0 Å². The van der Waals surface area contributed by atoms with Gasteiger partial charge >= 0.3 is 5.97 Å². The van der Waals surface area contributed by atoms with E-state index in [1.807, 2.05) is 26.0 Å². The Labute approximate surface area is 141 Å². The lowest BCUT2D eigenvalue weighted by molar-refractivity contribution is 0.0698. The van der Waals surface area contributed by atoms with Gasteiger partial charge in [0, 0.05) is 17.3 Å². The van der Waals surface area contributed by atoms with Crippen molar-refractivity contribution in [2.75, 3.05) is 18.5 Å². The third kappa shape index (κ3) is 4.89. The van der Waals surface area contributed by atoms with Gasteiger partial charge in [-0.15, -0.1) is 0 Å². The van der Waals surface area contributed by atoms with Crippen molar-refractivity contribution in [1.29, 1.82) is 0 Å². The zero-order valence-electron chi connectivity index (χ0n) is 13.2. The minimum atomic E-state index is -0.998. The first-order valence-electron chi connectivity index (χ1n) is 7.44. The molecule has 4 nitrogen and oxygen atoms in total. The van der Waals surface area contributed by atoms with Gasteiger partial charge in [0.25, 0.3) is 0 Å². The second-order valence-corrected chi connectivity index (χ2v) is 5.83. The third-order valence-corrected chi connectivity index (χ3v) is 3.68. The van der Waals surface area contributed by atoms with Gasteiger partial charge in [-0.1, -0.05) is 23.7 Å². The summed E-state index contributed by atoms with van der Waals surface area (Å²) < 4.78 is 5.77. The van der Waals surface area contributed by atoms with Crippen LogP contribution >= 0.6 is 11.6 Å². The normalized spacial score (nSPS) is 10.4. The zero-order valence-corrected chi connectivity index (χ0v) is 14.0. The number of anilines is 1. The smallest absolute Gasteiger partial charge is 0.337 e. The van der Waals surface area contributed by atoms with Crippen molar-refractivity contribution in [1.82, 2.24) is 0 Å². The number of carboxylic acid groups (broad SMARTS) is 1. The fraction of sp³-hybridized carbons (Fsp3) is 0.278. The number of rotatable bonds is 7. The van der Waals surface area contributed by atoms with Crippen LogP contribution in [0.25, 0.3) is 0 Å². The molecule has 23 heavy (non-hydrogen) atoms. The first-order chi connectivity index (χ1) is 11.0. The van der Waals surface area contributed by atoms with Gasteiger partial charge in [0.05, 0.1) is 12.2 Å². The lowest BCUT2D eigenvalue weighted by Crippen LogP contribution is -2.10. The molecule has 0 fully saturated rings. The van der Waals surface area contributed by atoms with Crippen LogP contribution in [-0.4, -0.2) is 24.2 Å². The quantitative estimate of drug-likeness (QED) is 0.730. The Morgan fingerprint density at radius 2 is 2.00 bits per heavy atom. The summed E-state index contributed by atoms with van der Waals surface area (Å²) in [6.45, 7) is 5.22. The minimum Gasteiger partial charge on any atom is -0.493 e. The zero-order chi connectivity index (χ0) is 16.8. The van der Waals surface area contributed by atoms with Crippen LogP contribution < -0.4 is 10.1 Å². The number of benzene rings is 2. The van der Waals surface area contributed by atoms with Gasteiger partial charge in [-0.3, -0.25) is 0 Å². The summed E-state index contributed by atoms with van der Waals surface area (Å²) >= 11 is 5.83. The minimum absolute atomic E-state index is 0.174. The van der Waals surface area contributed by atoms with E-state index in [1.165, 1.54) is 6.07 Å². The summed E-state index contributed by atoms with van der Waals surface area (Å²) in [6.07, 6.45) is 0.759. The van der Waals surface area contributed by atoms with Crippen molar-refractivity contribution in [3.05, 3.63) is 58.1 Å². The molecule has 122 valence electrons. The van der Waals surface area contributed by atoms with Gasteiger partial charge in [0.15, 0.2) is 0 Å². The van der Waals surface area contributed by atoms with Crippen LogP contribution in [0.3, 0.4) is 0 Å². The number of halogens is 1. The molecule has 0 saturated heterocycles. The molecule has 0 aliphatic heterocycles. The Bertz CT molecular complexity index is 701. The molecule has 2 aromatic carbocycles. The van der Waals surface area contributed by atoms with E-state index < -0.39 is 5.97 Å². The molecule has 5 heteroatoms. The predicted molar refractivity (Wildman–Crippen MR) is 92.9 cm³/mol. The van der Waals surface area contributed by atoms with Crippen molar-refractivity contribution < 1.29 is 14.6 Å². The average molecular weight is 334 g/mol. The molecule has 2 rings (SSSR count). The number of carboxylic acids is 1. The molecular weight excluding hydrogens is 314 g/mol. The maximum Gasteiger partial charge on any atom is 0.337 e. The number of aromatic carboxylic acids is 1. The summed E-state index contributed by atoms with van der Waals surface area (Å²) in [5.41, 5.74) is 3.01. The molecule has 0 amide bonds. The van der Waals surface area contributed by atoms with Crippen LogP contribution in [-0.2, 0) is 0 Å². The molecule has 0 bridgehead atoms. The van der Waals surface area contributed by atoms with Crippen LogP contribution in [0.1, 0.15) is 27.9 Å². The SMILES string of the molecule is Cc1ccc(C)c(OCCCNc2ccc(Cl)cc2C(=O)O)c1. The summed E-state index contributed by atoms with van der Waals surface area (Å²) in [7, 11) is 0. The fourth-order valence-electron chi connectivity index (χ4n) is 2.19. The van der Waals surface area contributed by atoms with Crippen molar-refractivity contribution in [3.8, 4) is 5.75 Å². The number of hydrogen-bond acceptors (Lipinski definition) is 3. The van der Waals surface area contributed by atoms with Gasteiger partial charge in [-0.2, -0.15) is 0 Å². The first-order valence-corrected chi connectivity index (χ1v) is 7.82. The fourth-order valence-corrected chi connectivity index (χ4v) is 2.36. The van der Waals surface area contributed by atoms with Crippen molar-refractivity contribution >= 4 is 23.3 Å². The molecule has 0 atom stereocenters. The van der Waals surface area contributed by atoms with E-state index in [-0.39, 0.29) is 5.56 Å². The van der Waals surface area contributed by atoms with Crippen LogP contribution in [0.2, 0.25) is 5.02 Å². The monoisotopic (exact) mass is 333 g/mol. The van der Waals surface area contributed by atoms with Crippen LogP contribution in [0.5, 0.6) is 5.75 Å². The standard InChI is InChI=1S/C18H20ClNO3/c1-12-4-5-13(2)17(10-12)23-9-3-8-20-16-7-6-14(19)11-15(16)18(21)22/h4-7,10-11,20H,3,8-9H2,1-2H3,(H,21,22). The number of carbonyl (C=O) groups is 1. The number of nitrogens with one attached hydrogen (secondary N) is 1. The maximum absolute atomic E-state index is 11.2. The molecule has 2 aromatic rings. The molecule has 2 N–H and O–H groups in total. The first kappa shape index (κ1) is 17.2. The van der Waals surface area contributed by atoms with Gasteiger partial charge in [0.2, 0.25) is 0 Å². The average Bonchev–Trinajstić information content (AvgIpc) is 2.51. The molecule has 0 unspecified atom stereocenters. The Morgan fingerprint density at radius 1 is 1.22 bits per heavy atom. The van der Waals surface area contributed by atoms with Gasteiger partial charge in [0.1, 0.15) is 5.75 Å². The molecule has 0 heterocycles. The highest BCUT2D eigenvalue weighted by atomic mass is 35.5. The molecule has 0 saturated carbocycles. The van der Waals surface area contributed by atoms with E-state index >= 15 is 0 Å². The number of aryl methyl sites for hydroxylation is 2. The molecule has 0 aliphatic carbocycles.